The Labute approximate surface area is 112 Å². The molecule has 0 amide bonds. The predicted octanol–water partition coefficient (Wildman–Crippen LogP) is 1.22. The van der Waals surface area contributed by atoms with Crippen molar-refractivity contribution in [2.75, 3.05) is 10.5 Å². The van der Waals surface area contributed by atoms with Gasteiger partial charge in [0.2, 0.25) is 0 Å². The van der Waals surface area contributed by atoms with Crippen LogP contribution in [-0.2, 0) is 17.1 Å². The number of hydrogen-bond donors (Lipinski definition) is 2. The summed E-state index contributed by atoms with van der Waals surface area (Å²) >= 11 is 0. The Hall–Kier alpha value is -2.23. The fraction of sp³-hybridized carbons (Fsp3) is 0.100. The third-order valence-electron chi connectivity index (χ3n) is 2.35. The van der Waals surface area contributed by atoms with E-state index in [4.69, 9.17) is 5.73 Å². The van der Waals surface area contributed by atoms with Crippen molar-refractivity contribution in [2.45, 2.75) is 4.90 Å². The van der Waals surface area contributed by atoms with Crippen LogP contribution in [0.1, 0.15) is 0 Å². The summed E-state index contributed by atoms with van der Waals surface area (Å²) in [6.45, 7) is 0. The quantitative estimate of drug-likeness (QED) is 0.892. The van der Waals surface area contributed by atoms with Crippen molar-refractivity contribution in [1.82, 2.24) is 9.78 Å². The topological polar surface area (TPSA) is 90.0 Å². The molecule has 0 spiro atoms. The molecule has 6 nitrogen and oxygen atoms in total. The second-order valence-electron chi connectivity index (χ2n) is 3.90. The average Bonchev–Trinajstić information content (AvgIpc) is 2.64. The van der Waals surface area contributed by atoms with E-state index in [1.807, 2.05) is 0 Å². The van der Waals surface area contributed by atoms with E-state index in [2.05, 4.69) is 5.10 Å². The van der Waals surface area contributed by atoms with Crippen molar-refractivity contribution in [3.63, 3.8) is 0 Å². The van der Waals surface area contributed by atoms with Gasteiger partial charge in [-0.15, -0.1) is 0 Å². The largest absolute Gasteiger partial charge is 0.381 e. The summed E-state index contributed by atoms with van der Waals surface area (Å²) in [6.07, 6.45) is 1.07. The van der Waals surface area contributed by atoms with E-state index in [1.54, 1.807) is 4.72 Å². The molecule has 0 atom stereocenters. The summed E-state index contributed by atoms with van der Waals surface area (Å²) in [7, 11) is -2.92. The second kappa shape index (κ2) is 4.71. The highest BCUT2D eigenvalue weighted by atomic mass is 32.2. The van der Waals surface area contributed by atoms with Crippen LogP contribution in [0.15, 0.2) is 23.2 Å². The molecule has 1 heterocycles. The third kappa shape index (κ3) is 2.54. The van der Waals surface area contributed by atoms with Crippen molar-refractivity contribution in [3.8, 4) is 0 Å². The highest BCUT2D eigenvalue weighted by molar-refractivity contribution is 7.92. The molecule has 1 aromatic heterocycles. The molecule has 2 rings (SSSR count). The van der Waals surface area contributed by atoms with E-state index < -0.39 is 38.1 Å². The summed E-state index contributed by atoms with van der Waals surface area (Å²) in [6, 6.07) is 0.709. The Morgan fingerprint density at radius 2 is 1.80 bits per heavy atom. The molecule has 20 heavy (non-hydrogen) atoms. The molecule has 0 aliphatic heterocycles. The van der Waals surface area contributed by atoms with Crippen LogP contribution >= 0.6 is 0 Å². The van der Waals surface area contributed by atoms with Crippen LogP contribution in [0.25, 0.3) is 0 Å². The van der Waals surface area contributed by atoms with Gasteiger partial charge in [-0.3, -0.25) is 9.40 Å². The number of nitrogens with zero attached hydrogens (tertiary/aromatic N) is 2. The minimum absolute atomic E-state index is 0.331. The van der Waals surface area contributed by atoms with Gasteiger partial charge in [0.05, 0.1) is 0 Å². The number of rotatable bonds is 3. The second-order valence-corrected chi connectivity index (χ2v) is 5.55. The zero-order valence-electron chi connectivity index (χ0n) is 10.1. The summed E-state index contributed by atoms with van der Waals surface area (Å²) in [5, 5.41) is 3.61. The highest BCUT2D eigenvalue weighted by Gasteiger charge is 2.24. The van der Waals surface area contributed by atoms with Crippen LogP contribution in [0.5, 0.6) is 0 Å². The third-order valence-corrected chi connectivity index (χ3v) is 3.72. The Balaban J connectivity index is 2.46. The number of aryl methyl sites for hydroxylation is 1. The lowest BCUT2D eigenvalue weighted by atomic mass is 10.3. The monoisotopic (exact) mass is 306 g/mol. The van der Waals surface area contributed by atoms with Crippen LogP contribution in [0, 0.1) is 17.5 Å². The Morgan fingerprint density at radius 3 is 2.25 bits per heavy atom. The molecule has 108 valence electrons. The summed E-state index contributed by atoms with van der Waals surface area (Å²) in [5.74, 6) is -4.26. The molecular formula is C10H9F3N4O2S. The number of nitrogens with one attached hydrogen (secondary N) is 1. The fourth-order valence-electron chi connectivity index (χ4n) is 1.52. The van der Waals surface area contributed by atoms with Gasteiger partial charge in [-0.05, 0) is 0 Å². The minimum Gasteiger partial charge on any atom is -0.381 e. The van der Waals surface area contributed by atoms with Crippen LogP contribution in [0.4, 0.5) is 24.7 Å². The molecule has 0 aliphatic carbocycles. The number of hydrogen-bond acceptors (Lipinski definition) is 4. The van der Waals surface area contributed by atoms with Gasteiger partial charge >= 0.3 is 0 Å². The van der Waals surface area contributed by atoms with Crippen molar-refractivity contribution in [1.29, 1.82) is 0 Å². The minimum atomic E-state index is -4.34. The number of halogens is 3. The highest BCUT2D eigenvalue weighted by Crippen LogP contribution is 2.25. The van der Waals surface area contributed by atoms with E-state index in [1.165, 1.54) is 7.05 Å². The molecule has 10 heteroatoms. The maximum Gasteiger partial charge on any atom is 0.267 e. The van der Waals surface area contributed by atoms with E-state index in [0.29, 0.717) is 12.1 Å². The fourth-order valence-corrected chi connectivity index (χ4v) is 2.70. The van der Waals surface area contributed by atoms with Crippen molar-refractivity contribution >= 4 is 21.5 Å². The summed E-state index contributed by atoms with van der Waals surface area (Å²) < 4.78 is 66.3. The maximum atomic E-state index is 13.4. The lowest BCUT2D eigenvalue weighted by molar-refractivity contribution is 0.547. The van der Waals surface area contributed by atoms with Crippen molar-refractivity contribution in [2.24, 2.45) is 7.05 Å². The van der Waals surface area contributed by atoms with E-state index in [9.17, 15) is 21.6 Å². The van der Waals surface area contributed by atoms with Gasteiger partial charge in [-0.25, -0.2) is 21.6 Å². The lowest BCUT2D eigenvalue weighted by Crippen LogP contribution is -2.16. The summed E-state index contributed by atoms with van der Waals surface area (Å²) in [5.41, 5.74) is 4.39. The van der Waals surface area contributed by atoms with Crippen LogP contribution in [0.3, 0.4) is 0 Å². The van der Waals surface area contributed by atoms with Gasteiger partial charge in [-0.1, -0.05) is 0 Å². The first kappa shape index (κ1) is 14.2. The number of nitrogens with two attached hydrogens (primary N) is 1. The van der Waals surface area contributed by atoms with Gasteiger partial charge in [0, 0.05) is 25.4 Å². The lowest BCUT2D eigenvalue weighted by Gasteiger charge is -2.09. The first-order valence-electron chi connectivity index (χ1n) is 5.17. The first-order valence-corrected chi connectivity index (χ1v) is 6.65. The number of aromatic nitrogens is 2. The molecular weight excluding hydrogens is 297 g/mol. The molecule has 0 saturated carbocycles. The molecule has 0 fully saturated rings. The maximum absolute atomic E-state index is 13.4. The Kier molecular flexibility index (Phi) is 3.34. The molecule has 0 bridgehead atoms. The zero-order chi connectivity index (χ0) is 15.1. The molecule has 3 N–H and O–H groups in total. The predicted molar refractivity (Wildman–Crippen MR) is 64.7 cm³/mol. The normalized spacial score (nSPS) is 11.6. The van der Waals surface area contributed by atoms with E-state index >= 15 is 0 Å². The number of sulfonamides is 1. The van der Waals surface area contributed by atoms with Gasteiger partial charge in [0.1, 0.15) is 16.4 Å². The van der Waals surface area contributed by atoms with E-state index in [0.717, 1.165) is 10.9 Å². The molecule has 0 radical (unpaired) electrons. The van der Waals surface area contributed by atoms with Gasteiger partial charge in [0.15, 0.2) is 17.5 Å². The first-order chi connectivity index (χ1) is 9.20. The van der Waals surface area contributed by atoms with Gasteiger partial charge in [-0.2, -0.15) is 5.10 Å². The van der Waals surface area contributed by atoms with Crippen molar-refractivity contribution < 1.29 is 21.6 Å². The Morgan fingerprint density at radius 1 is 1.25 bits per heavy atom. The smallest absolute Gasteiger partial charge is 0.267 e. The van der Waals surface area contributed by atoms with E-state index in [-0.39, 0.29) is 5.82 Å². The van der Waals surface area contributed by atoms with Crippen LogP contribution in [-0.4, -0.2) is 18.2 Å². The average molecular weight is 306 g/mol. The van der Waals surface area contributed by atoms with Crippen molar-refractivity contribution in [3.05, 3.63) is 35.8 Å². The SMILES string of the molecule is Cn1cc(S(=O)(=O)Nc2c(F)cc(F)cc2F)c(N)n1. The van der Waals surface area contributed by atoms with Crippen LogP contribution in [0.2, 0.25) is 0 Å². The molecule has 1 aromatic carbocycles. The van der Waals surface area contributed by atoms with Crippen LogP contribution < -0.4 is 10.5 Å². The number of anilines is 2. The molecule has 2 aromatic rings. The van der Waals surface area contributed by atoms with Gasteiger partial charge < -0.3 is 5.73 Å². The summed E-state index contributed by atoms with van der Waals surface area (Å²) in [4.78, 5) is -0.442. The molecule has 0 saturated heterocycles. The standard InChI is InChI=1S/C10H9F3N4O2S/c1-17-4-8(10(14)15-17)20(18,19)16-9-6(12)2-5(11)3-7(9)13/h2-4,16H,1H3,(H2,14,15). The zero-order valence-corrected chi connectivity index (χ0v) is 10.9. The van der Waals surface area contributed by atoms with Gasteiger partial charge in [0.25, 0.3) is 10.0 Å². The number of benzene rings is 1. The Bertz CT molecular complexity index is 750. The molecule has 0 unspecified atom stereocenters. The number of nitrogen functional groups attached to an aromatic ring is 1. The molecule has 0 aliphatic rings.